The highest BCUT2D eigenvalue weighted by Gasteiger charge is 2.40. The summed E-state index contributed by atoms with van der Waals surface area (Å²) in [6.07, 6.45) is 5.40. The van der Waals surface area contributed by atoms with Crippen LogP contribution in [-0.4, -0.2) is 5.88 Å². The predicted molar refractivity (Wildman–Crippen MR) is 37.3 cm³/mol. The molecule has 1 aliphatic carbocycles. The summed E-state index contributed by atoms with van der Waals surface area (Å²) in [4.78, 5) is 0. The normalized spacial score (nSPS) is 23.2. The van der Waals surface area contributed by atoms with Crippen LogP contribution in [0.4, 0.5) is 0 Å². The SMILES string of the molecule is CCCC1(CCl)CC1. The molecule has 1 fully saturated rings. The molecule has 1 heteroatoms. The van der Waals surface area contributed by atoms with Crippen molar-refractivity contribution in [3.05, 3.63) is 0 Å². The maximum atomic E-state index is 5.73. The lowest BCUT2D eigenvalue weighted by Crippen LogP contribution is -1.99. The van der Waals surface area contributed by atoms with E-state index in [0.29, 0.717) is 5.41 Å². The van der Waals surface area contributed by atoms with Gasteiger partial charge in [-0.3, -0.25) is 0 Å². The molecule has 0 bridgehead atoms. The highest BCUT2D eigenvalue weighted by molar-refractivity contribution is 6.18. The van der Waals surface area contributed by atoms with E-state index in [2.05, 4.69) is 6.92 Å². The van der Waals surface area contributed by atoms with Gasteiger partial charge < -0.3 is 0 Å². The minimum Gasteiger partial charge on any atom is -0.126 e. The Morgan fingerprint density at radius 3 is 2.25 bits per heavy atom. The van der Waals surface area contributed by atoms with Gasteiger partial charge in [0, 0.05) is 5.88 Å². The van der Waals surface area contributed by atoms with E-state index < -0.39 is 0 Å². The van der Waals surface area contributed by atoms with Gasteiger partial charge in [-0.25, -0.2) is 0 Å². The third-order valence-corrected chi connectivity index (χ3v) is 2.59. The van der Waals surface area contributed by atoms with Gasteiger partial charge in [0.15, 0.2) is 0 Å². The molecule has 0 aromatic carbocycles. The standard InChI is InChI=1S/C7H13Cl/c1-2-3-7(6-8)4-5-7/h2-6H2,1H3. The lowest BCUT2D eigenvalue weighted by molar-refractivity contribution is 0.516. The van der Waals surface area contributed by atoms with E-state index in [1.165, 1.54) is 25.7 Å². The summed E-state index contributed by atoms with van der Waals surface area (Å²) >= 11 is 5.73. The van der Waals surface area contributed by atoms with Gasteiger partial charge >= 0.3 is 0 Å². The zero-order valence-corrected chi connectivity index (χ0v) is 6.17. The van der Waals surface area contributed by atoms with Crippen molar-refractivity contribution in [2.45, 2.75) is 32.6 Å². The van der Waals surface area contributed by atoms with Crippen LogP contribution in [-0.2, 0) is 0 Å². The number of hydrogen-bond donors (Lipinski definition) is 0. The van der Waals surface area contributed by atoms with Crippen LogP contribution < -0.4 is 0 Å². The molecule has 0 spiro atoms. The molecule has 1 aliphatic rings. The van der Waals surface area contributed by atoms with E-state index in [0.717, 1.165) is 5.88 Å². The van der Waals surface area contributed by atoms with Crippen molar-refractivity contribution in [2.75, 3.05) is 5.88 Å². The molecule has 0 saturated heterocycles. The molecule has 0 amide bonds. The fraction of sp³-hybridized carbons (Fsp3) is 1.00. The van der Waals surface area contributed by atoms with Crippen molar-refractivity contribution in [2.24, 2.45) is 5.41 Å². The van der Waals surface area contributed by atoms with Crippen molar-refractivity contribution in [1.29, 1.82) is 0 Å². The Kier molecular flexibility index (Phi) is 1.81. The van der Waals surface area contributed by atoms with Gasteiger partial charge in [-0.15, -0.1) is 11.6 Å². The number of halogens is 1. The Bertz CT molecular complexity index is 74.5. The smallest absolute Gasteiger partial charge is 0.0280 e. The van der Waals surface area contributed by atoms with Crippen molar-refractivity contribution in [1.82, 2.24) is 0 Å². The van der Waals surface area contributed by atoms with Crippen LogP contribution in [0.25, 0.3) is 0 Å². The zero-order chi connectivity index (χ0) is 6.04. The van der Waals surface area contributed by atoms with Crippen molar-refractivity contribution >= 4 is 11.6 Å². The lowest BCUT2D eigenvalue weighted by atomic mass is 10.0. The second-order valence-electron chi connectivity index (χ2n) is 2.88. The fourth-order valence-corrected chi connectivity index (χ4v) is 1.56. The summed E-state index contributed by atoms with van der Waals surface area (Å²) in [6, 6.07) is 0. The first-order valence-corrected chi connectivity index (χ1v) is 3.92. The summed E-state index contributed by atoms with van der Waals surface area (Å²) in [6.45, 7) is 2.23. The lowest BCUT2D eigenvalue weighted by Gasteiger charge is -2.06. The second kappa shape index (κ2) is 2.26. The quantitative estimate of drug-likeness (QED) is 0.518. The van der Waals surface area contributed by atoms with Gasteiger partial charge in [0.25, 0.3) is 0 Å². The topological polar surface area (TPSA) is 0 Å². The fourth-order valence-electron chi connectivity index (χ4n) is 1.16. The third-order valence-electron chi connectivity index (χ3n) is 2.02. The summed E-state index contributed by atoms with van der Waals surface area (Å²) < 4.78 is 0. The zero-order valence-electron chi connectivity index (χ0n) is 5.41. The average Bonchev–Trinajstić information content (AvgIpc) is 2.50. The van der Waals surface area contributed by atoms with Crippen LogP contribution >= 0.6 is 11.6 Å². The van der Waals surface area contributed by atoms with E-state index in [-0.39, 0.29) is 0 Å². The van der Waals surface area contributed by atoms with Gasteiger partial charge in [0.05, 0.1) is 0 Å². The molecule has 0 atom stereocenters. The molecule has 1 rings (SSSR count). The Morgan fingerprint density at radius 1 is 1.50 bits per heavy atom. The van der Waals surface area contributed by atoms with E-state index >= 15 is 0 Å². The van der Waals surface area contributed by atoms with Crippen LogP contribution in [0, 0.1) is 5.41 Å². The molecule has 0 radical (unpaired) electrons. The summed E-state index contributed by atoms with van der Waals surface area (Å²) in [7, 11) is 0. The molecule has 0 aromatic rings. The van der Waals surface area contributed by atoms with Crippen LogP contribution in [0.1, 0.15) is 32.6 Å². The van der Waals surface area contributed by atoms with E-state index in [4.69, 9.17) is 11.6 Å². The highest BCUT2D eigenvalue weighted by Crippen LogP contribution is 2.50. The number of hydrogen-bond acceptors (Lipinski definition) is 0. The summed E-state index contributed by atoms with van der Waals surface area (Å²) in [5, 5.41) is 0. The number of alkyl halides is 1. The van der Waals surface area contributed by atoms with E-state index in [9.17, 15) is 0 Å². The van der Waals surface area contributed by atoms with Crippen LogP contribution in [0.15, 0.2) is 0 Å². The van der Waals surface area contributed by atoms with E-state index in [1.807, 2.05) is 0 Å². The Hall–Kier alpha value is 0.290. The van der Waals surface area contributed by atoms with Crippen molar-refractivity contribution in [3.63, 3.8) is 0 Å². The highest BCUT2D eigenvalue weighted by atomic mass is 35.5. The van der Waals surface area contributed by atoms with Gasteiger partial charge in [-0.05, 0) is 24.7 Å². The summed E-state index contributed by atoms with van der Waals surface area (Å²) in [5.74, 6) is 0.890. The van der Waals surface area contributed by atoms with Gasteiger partial charge in [-0.2, -0.15) is 0 Å². The van der Waals surface area contributed by atoms with Crippen molar-refractivity contribution in [3.8, 4) is 0 Å². The largest absolute Gasteiger partial charge is 0.126 e. The molecule has 0 heterocycles. The average molecular weight is 133 g/mol. The first-order valence-electron chi connectivity index (χ1n) is 3.39. The first-order chi connectivity index (χ1) is 3.83. The van der Waals surface area contributed by atoms with Gasteiger partial charge in [-0.1, -0.05) is 13.3 Å². The maximum Gasteiger partial charge on any atom is 0.0280 e. The molecule has 8 heavy (non-hydrogen) atoms. The third kappa shape index (κ3) is 1.17. The first kappa shape index (κ1) is 6.41. The Labute approximate surface area is 56.2 Å². The van der Waals surface area contributed by atoms with Crippen molar-refractivity contribution < 1.29 is 0 Å². The molecule has 0 N–H and O–H groups in total. The second-order valence-corrected chi connectivity index (χ2v) is 3.15. The van der Waals surface area contributed by atoms with Crippen LogP contribution in [0.3, 0.4) is 0 Å². The Balaban J connectivity index is 2.20. The molecule has 0 unspecified atom stereocenters. The summed E-state index contributed by atoms with van der Waals surface area (Å²) in [5.41, 5.74) is 0.607. The molecule has 1 saturated carbocycles. The minimum absolute atomic E-state index is 0.607. The van der Waals surface area contributed by atoms with Crippen LogP contribution in [0.2, 0.25) is 0 Å². The molecule has 0 nitrogen and oxygen atoms in total. The monoisotopic (exact) mass is 132 g/mol. The molecule has 0 aliphatic heterocycles. The maximum absolute atomic E-state index is 5.73. The molecular formula is C7H13Cl. The van der Waals surface area contributed by atoms with Crippen LogP contribution in [0.5, 0.6) is 0 Å². The molecule has 48 valence electrons. The predicted octanol–water partition coefficient (Wildman–Crippen LogP) is 2.81. The van der Waals surface area contributed by atoms with Gasteiger partial charge in [0.1, 0.15) is 0 Å². The molecular weight excluding hydrogens is 120 g/mol. The molecule has 0 aromatic heterocycles. The number of rotatable bonds is 3. The minimum atomic E-state index is 0.607. The van der Waals surface area contributed by atoms with Gasteiger partial charge in [0.2, 0.25) is 0 Å². The van der Waals surface area contributed by atoms with E-state index in [1.54, 1.807) is 0 Å². The Morgan fingerprint density at radius 2 is 2.12 bits per heavy atom.